The third kappa shape index (κ3) is 5.13. The van der Waals surface area contributed by atoms with E-state index >= 15 is 0 Å². The number of nitrogens with one attached hydrogen (secondary N) is 2. The lowest BCUT2D eigenvalue weighted by atomic mass is 10.2. The van der Waals surface area contributed by atoms with Gasteiger partial charge in [0.05, 0.1) is 31.4 Å². The van der Waals surface area contributed by atoms with Crippen LogP contribution >= 0.6 is 11.8 Å². The summed E-state index contributed by atoms with van der Waals surface area (Å²) in [6, 6.07) is 8.68. The van der Waals surface area contributed by atoms with Gasteiger partial charge in [0, 0.05) is 12.6 Å². The molecule has 0 spiro atoms. The van der Waals surface area contributed by atoms with Gasteiger partial charge < -0.3 is 24.4 Å². The number of carbonyl (C=O) groups is 2. The Balaban J connectivity index is 1.62. The smallest absolute Gasteiger partial charge is 0.234 e. The number of furan rings is 1. The van der Waals surface area contributed by atoms with Gasteiger partial charge >= 0.3 is 0 Å². The van der Waals surface area contributed by atoms with E-state index in [0.717, 1.165) is 5.76 Å². The van der Waals surface area contributed by atoms with E-state index in [9.17, 15) is 9.59 Å². The van der Waals surface area contributed by atoms with E-state index in [-0.39, 0.29) is 17.6 Å². The van der Waals surface area contributed by atoms with Crippen LogP contribution in [0.3, 0.4) is 0 Å². The van der Waals surface area contributed by atoms with Crippen LogP contribution in [0, 0.1) is 0 Å². The monoisotopic (exact) mass is 401 g/mol. The number of nitrogens with zero attached hydrogens (tertiary/aromatic N) is 3. The molecule has 10 heteroatoms. The molecule has 0 saturated carbocycles. The second kappa shape index (κ2) is 9.09. The van der Waals surface area contributed by atoms with Crippen molar-refractivity contribution in [2.75, 3.05) is 23.5 Å². The van der Waals surface area contributed by atoms with Crippen LogP contribution in [-0.4, -0.2) is 39.4 Å². The number of benzene rings is 1. The molecule has 0 bridgehead atoms. The van der Waals surface area contributed by atoms with Crippen LogP contribution in [0.25, 0.3) is 0 Å². The molecular weight excluding hydrogens is 382 g/mol. The van der Waals surface area contributed by atoms with Gasteiger partial charge in [-0.2, -0.15) is 0 Å². The number of carbonyl (C=O) groups excluding carboxylic acids is 2. The molecular formula is C18H19N5O4S. The van der Waals surface area contributed by atoms with Crippen molar-refractivity contribution in [3.8, 4) is 5.75 Å². The van der Waals surface area contributed by atoms with E-state index in [1.807, 2.05) is 12.1 Å². The molecule has 0 aliphatic heterocycles. The van der Waals surface area contributed by atoms with Gasteiger partial charge in [-0.15, -0.1) is 10.2 Å². The third-order valence-electron chi connectivity index (χ3n) is 3.61. The Kier molecular flexibility index (Phi) is 6.33. The molecule has 3 aromatic rings. The fraction of sp³-hybridized carbons (Fsp3) is 0.222. The number of rotatable bonds is 8. The first kappa shape index (κ1) is 19.5. The molecule has 146 valence electrons. The van der Waals surface area contributed by atoms with Crippen LogP contribution in [-0.2, 0) is 16.1 Å². The lowest BCUT2D eigenvalue weighted by Gasteiger charge is -2.12. The summed E-state index contributed by atoms with van der Waals surface area (Å²) in [5, 5.41) is 14.0. The Labute approximate surface area is 165 Å². The fourth-order valence-electron chi connectivity index (χ4n) is 2.44. The van der Waals surface area contributed by atoms with Crippen LogP contribution in [0.5, 0.6) is 5.75 Å². The first-order valence-electron chi connectivity index (χ1n) is 8.33. The molecule has 28 heavy (non-hydrogen) atoms. The average Bonchev–Trinajstić information content (AvgIpc) is 3.32. The van der Waals surface area contributed by atoms with Gasteiger partial charge in [-0.3, -0.25) is 9.59 Å². The lowest BCUT2D eigenvalue weighted by molar-refractivity contribution is -0.114. The topological polar surface area (TPSA) is 111 Å². The standard InChI is InChI=1S/C18H19N5O4S/c1-12(24)20-13-5-6-16(26-2)15(8-13)21-17(25)10-28-18-22-19-11-23(18)9-14-4-3-7-27-14/h3-8,11H,9-10H2,1-2H3,(H,20,24)(H,21,25). The Hall–Kier alpha value is -3.27. The van der Waals surface area contributed by atoms with Crippen LogP contribution in [0.1, 0.15) is 12.7 Å². The minimum atomic E-state index is -0.240. The molecule has 0 atom stereocenters. The van der Waals surface area contributed by atoms with Gasteiger partial charge in [-0.1, -0.05) is 11.8 Å². The summed E-state index contributed by atoms with van der Waals surface area (Å²) in [6.07, 6.45) is 3.19. The molecule has 0 saturated heterocycles. The quantitative estimate of drug-likeness (QED) is 0.558. The highest BCUT2D eigenvalue weighted by molar-refractivity contribution is 7.99. The number of thioether (sulfide) groups is 1. The summed E-state index contributed by atoms with van der Waals surface area (Å²) in [7, 11) is 1.51. The predicted molar refractivity (Wildman–Crippen MR) is 104 cm³/mol. The largest absolute Gasteiger partial charge is 0.495 e. The van der Waals surface area contributed by atoms with E-state index in [1.165, 1.54) is 25.8 Å². The van der Waals surface area contributed by atoms with Crippen molar-refractivity contribution < 1.29 is 18.7 Å². The summed E-state index contributed by atoms with van der Waals surface area (Å²) in [5.74, 6) is 0.952. The fourth-order valence-corrected chi connectivity index (χ4v) is 3.15. The highest BCUT2D eigenvalue weighted by atomic mass is 32.2. The molecule has 9 nitrogen and oxygen atoms in total. The van der Waals surface area contributed by atoms with E-state index in [4.69, 9.17) is 9.15 Å². The number of amides is 2. The van der Waals surface area contributed by atoms with Gasteiger partial charge in [-0.05, 0) is 30.3 Å². The van der Waals surface area contributed by atoms with Crippen molar-refractivity contribution in [1.82, 2.24) is 14.8 Å². The van der Waals surface area contributed by atoms with Crippen LogP contribution < -0.4 is 15.4 Å². The summed E-state index contributed by atoms with van der Waals surface area (Å²) >= 11 is 1.26. The van der Waals surface area contributed by atoms with Crippen molar-refractivity contribution in [2.24, 2.45) is 0 Å². The average molecular weight is 401 g/mol. The van der Waals surface area contributed by atoms with Gasteiger partial charge in [0.15, 0.2) is 5.16 Å². The zero-order valence-corrected chi connectivity index (χ0v) is 16.2. The summed E-state index contributed by atoms with van der Waals surface area (Å²) < 4.78 is 12.4. The number of methoxy groups -OCH3 is 1. The second-order valence-electron chi connectivity index (χ2n) is 5.75. The van der Waals surface area contributed by atoms with Gasteiger partial charge in [0.2, 0.25) is 11.8 Å². The second-order valence-corrected chi connectivity index (χ2v) is 6.70. The van der Waals surface area contributed by atoms with E-state index < -0.39 is 0 Å². The van der Waals surface area contributed by atoms with Crippen molar-refractivity contribution in [2.45, 2.75) is 18.6 Å². The maximum atomic E-state index is 12.4. The number of hydrogen-bond donors (Lipinski definition) is 2. The van der Waals surface area contributed by atoms with Crippen LogP contribution in [0.15, 0.2) is 52.5 Å². The third-order valence-corrected chi connectivity index (χ3v) is 4.59. The maximum absolute atomic E-state index is 12.4. The van der Waals surface area contributed by atoms with Gasteiger partial charge in [0.25, 0.3) is 0 Å². The number of anilines is 2. The highest BCUT2D eigenvalue weighted by Crippen LogP contribution is 2.28. The van der Waals surface area contributed by atoms with Gasteiger partial charge in [-0.25, -0.2) is 0 Å². The Morgan fingerprint density at radius 3 is 2.86 bits per heavy atom. The minimum absolute atomic E-state index is 0.129. The van der Waals surface area contributed by atoms with E-state index in [2.05, 4.69) is 20.8 Å². The zero-order valence-electron chi connectivity index (χ0n) is 15.3. The Bertz CT molecular complexity index is 955. The van der Waals surface area contributed by atoms with Crippen molar-refractivity contribution in [3.63, 3.8) is 0 Å². The van der Waals surface area contributed by atoms with E-state index in [1.54, 1.807) is 35.4 Å². The predicted octanol–water partition coefficient (Wildman–Crippen LogP) is 2.62. The lowest BCUT2D eigenvalue weighted by Crippen LogP contribution is -2.16. The van der Waals surface area contributed by atoms with Crippen LogP contribution in [0.2, 0.25) is 0 Å². The van der Waals surface area contributed by atoms with Crippen molar-refractivity contribution >= 4 is 35.0 Å². The SMILES string of the molecule is COc1ccc(NC(C)=O)cc1NC(=O)CSc1nncn1Cc1ccco1. The number of aromatic nitrogens is 3. The summed E-state index contributed by atoms with van der Waals surface area (Å²) in [6.45, 7) is 1.90. The van der Waals surface area contributed by atoms with Crippen molar-refractivity contribution in [1.29, 1.82) is 0 Å². The zero-order chi connectivity index (χ0) is 19.9. The van der Waals surface area contributed by atoms with E-state index in [0.29, 0.717) is 28.8 Å². The van der Waals surface area contributed by atoms with Crippen molar-refractivity contribution in [3.05, 3.63) is 48.7 Å². The normalized spacial score (nSPS) is 10.5. The number of ether oxygens (including phenoxy) is 1. The molecule has 2 aromatic heterocycles. The molecule has 0 fully saturated rings. The molecule has 3 rings (SSSR count). The molecule has 0 aliphatic carbocycles. The highest BCUT2D eigenvalue weighted by Gasteiger charge is 2.13. The molecule has 2 N–H and O–H groups in total. The first-order valence-corrected chi connectivity index (χ1v) is 9.32. The molecule has 1 aromatic carbocycles. The molecule has 0 radical (unpaired) electrons. The maximum Gasteiger partial charge on any atom is 0.234 e. The Morgan fingerprint density at radius 1 is 1.29 bits per heavy atom. The van der Waals surface area contributed by atoms with Crippen LogP contribution in [0.4, 0.5) is 11.4 Å². The Morgan fingerprint density at radius 2 is 2.14 bits per heavy atom. The first-order chi connectivity index (χ1) is 13.5. The molecule has 0 aliphatic rings. The number of hydrogen-bond acceptors (Lipinski definition) is 7. The molecule has 2 heterocycles. The minimum Gasteiger partial charge on any atom is -0.495 e. The summed E-state index contributed by atoms with van der Waals surface area (Å²) in [5.41, 5.74) is 1.03. The molecule has 2 amide bonds. The van der Waals surface area contributed by atoms with Gasteiger partial charge in [0.1, 0.15) is 17.8 Å². The summed E-state index contributed by atoms with van der Waals surface area (Å²) in [4.78, 5) is 23.6. The molecule has 0 unspecified atom stereocenters.